The van der Waals surface area contributed by atoms with Crippen LogP contribution in [0.1, 0.15) is 35.9 Å². The van der Waals surface area contributed by atoms with Gasteiger partial charge in [0.25, 0.3) is 0 Å². The molecule has 1 aliphatic rings. The molecule has 0 bridgehead atoms. The third-order valence-corrected chi connectivity index (χ3v) is 3.82. The first-order valence-electron chi connectivity index (χ1n) is 3.90. The number of halogens is 1. The van der Waals surface area contributed by atoms with Crippen molar-refractivity contribution < 1.29 is 0 Å². The van der Waals surface area contributed by atoms with Gasteiger partial charge in [-0.05, 0) is 19.8 Å². The molecule has 0 spiro atoms. The number of aryl methyl sites for hydroxylation is 1. The predicted molar refractivity (Wildman–Crippen MR) is 48.5 cm³/mol. The zero-order valence-electron chi connectivity index (χ0n) is 6.43. The molecule has 1 saturated carbocycles. The molecule has 1 fully saturated rings. The standard InChI is InChI=1S/C8H10ClNS/c1-5-7(9)11-8(10-5)6-3-2-4-6/h6H,2-4H2,1H3. The fraction of sp³-hybridized carbons (Fsp3) is 0.625. The smallest absolute Gasteiger partial charge is 0.116 e. The molecular formula is C8H10ClNS. The number of rotatable bonds is 1. The Balaban J connectivity index is 2.24. The van der Waals surface area contributed by atoms with Crippen LogP contribution >= 0.6 is 22.9 Å². The van der Waals surface area contributed by atoms with Gasteiger partial charge in [0.15, 0.2) is 0 Å². The van der Waals surface area contributed by atoms with Crippen LogP contribution in [0.4, 0.5) is 0 Å². The first-order valence-corrected chi connectivity index (χ1v) is 5.09. The SMILES string of the molecule is Cc1nc(C2CCC2)sc1Cl. The van der Waals surface area contributed by atoms with Gasteiger partial charge < -0.3 is 0 Å². The second kappa shape index (κ2) is 2.76. The number of nitrogens with zero attached hydrogens (tertiary/aromatic N) is 1. The highest BCUT2D eigenvalue weighted by molar-refractivity contribution is 7.16. The molecule has 1 aromatic rings. The topological polar surface area (TPSA) is 12.9 Å². The van der Waals surface area contributed by atoms with Crippen LogP contribution in [0.15, 0.2) is 0 Å². The molecule has 1 nitrogen and oxygen atoms in total. The van der Waals surface area contributed by atoms with Gasteiger partial charge in [-0.25, -0.2) is 4.98 Å². The van der Waals surface area contributed by atoms with Crippen molar-refractivity contribution in [2.45, 2.75) is 32.1 Å². The van der Waals surface area contributed by atoms with E-state index in [-0.39, 0.29) is 0 Å². The fourth-order valence-corrected chi connectivity index (χ4v) is 2.47. The lowest BCUT2D eigenvalue weighted by molar-refractivity contribution is 0.418. The highest BCUT2D eigenvalue weighted by Gasteiger charge is 2.23. The summed E-state index contributed by atoms with van der Waals surface area (Å²) < 4.78 is 0.868. The van der Waals surface area contributed by atoms with E-state index in [2.05, 4.69) is 4.98 Å². The monoisotopic (exact) mass is 187 g/mol. The van der Waals surface area contributed by atoms with E-state index in [0.717, 1.165) is 15.9 Å². The molecule has 60 valence electrons. The van der Waals surface area contributed by atoms with Crippen molar-refractivity contribution in [3.8, 4) is 0 Å². The molecule has 0 unspecified atom stereocenters. The minimum absolute atomic E-state index is 0.728. The van der Waals surface area contributed by atoms with Gasteiger partial charge in [0.2, 0.25) is 0 Å². The Morgan fingerprint density at radius 1 is 1.55 bits per heavy atom. The molecule has 1 heterocycles. The Morgan fingerprint density at radius 2 is 2.27 bits per heavy atom. The lowest BCUT2D eigenvalue weighted by atomic mass is 9.86. The highest BCUT2D eigenvalue weighted by atomic mass is 35.5. The second-order valence-corrected chi connectivity index (χ2v) is 4.67. The maximum Gasteiger partial charge on any atom is 0.116 e. The minimum atomic E-state index is 0.728. The highest BCUT2D eigenvalue weighted by Crippen LogP contribution is 2.40. The Kier molecular flexibility index (Phi) is 1.90. The summed E-state index contributed by atoms with van der Waals surface area (Å²) in [6.45, 7) is 1.97. The van der Waals surface area contributed by atoms with Gasteiger partial charge in [0.1, 0.15) is 4.34 Å². The fourth-order valence-electron chi connectivity index (χ4n) is 1.23. The summed E-state index contributed by atoms with van der Waals surface area (Å²) in [5, 5.41) is 1.25. The van der Waals surface area contributed by atoms with Gasteiger partial charge in [-0.3, -0.25) is 0 Å². The predicted octanol–water partition coefficient (Wildman–Crippen LogP) is 3.37. The van der Waals surface area contributed by atoms with Crippen molar-refractivity contribution in [1.82, 2.24) is 4.98 Å². The van der Waals surface area contributed by atoms with Crippen LogP contribution < -0.4 is 0 Å². The molecule has 1 aromatic heterocycles. The quantitative estimate of drug-likeness (QED) is 0.657. The third-order valence-electron chi connectivity index (χ3n) is 2.21. The van der Waals surface area contributed by atoms with E-state index in [0.29, 0.717) is 0 Å². The normalized spacial score (nSPS) is 18.4. The molecule has 1 aliphatic carbocycles. The summed E-state index contributed by atoms with van der Waals surface area (Å²) >= 11 is 7.56. The summed E-state index contributed by atoms with van der Waals surface area (Å²) in [6, 6.07) is 0. The summed E-state index contributed by atoms with van der Waals surface area (Å²) in [7, 11) is 0. The van der Waals surface area contributed by atoms with Crippen LogP contribution in [0, 0.1) is 6.92 Å². The number of hydrogen-bond donors (Lipinski definition) is 0. The summed E-state index contributed by atoms with van der Waals surface area (Å²) in [5.74, 6) is 0.728. The second-order valence-electron chi connectivity index (χ2n) is 3.04. The van der Waals surface area contributed by atoms with Gasteiger partial charge in [-0.15, -0.1) is 11.3 Å². The van der Waals surface area contributed by atoms with Gasteiger partial charge in [0.05, 0.1) is 10.7 Å². The maximum absolute atomic E-state index is 5.91. The van der Waals surface area contributed by atoms with Crippen molar-refractivity contribution >= 4 is 22.9 Å². The first kappa shape index (κ1) is 7.56. The van der Waals surface area contributed by atoms with Gasteiger partial charge in [-0.1, -0.05) is 18.0 Å². The molecule has 0 saturated heterocycles. The zero-order valence-corrected chi connectivity index (χ0v) is 8.00. The van der Waals surface area contributed by atoms with Crippen molar-refractivity contribution in [2.75, 3.05) is 0 Å². The van der Waals surface area contributed by atoms with Gasteiger partial charge in [0, 0.05) is 5.92 Å². The van der Waals surface area contributed by atoms with Crippen molar-refractivity contribution in [3.05, 3.63) is 15.0 Å². The average molecular weight is 188 g/mol. The molecule has 0 aromatic carbocycles. The van der Waals surface area contributed by atoms with Crippen LogP contribution in [0.3, 0.4) is 0 Å². The van der Waals surface area contributed by atoms with Crippen LogP contribution in [-0.4, -0.2) is 4.98 Å². The zero-order chi connectivity index (χ0) is 7.84. The lowest BCUT2D eigenvalue weighted by Gasteiger charge is -2.22. The molecule has 0 amide bonds. The molecule has 0 atom stereocenters. The summed E-state index contributed by atoms with van der Waals surface area (Å²) in [4.78, 5) is 4.42. The van der Waals surface area contributed by atoms with Crippen LogP contribution in [0.5, 0.6) is 0 Å². The molecule has 11 heavy (non-hydrogen) atoms. The van der Waals surface area contributed by atoms with E-state index in [1.165, 1.54) is 24.3 Å². The van der Waals surface area contributed by atoms with Crippen molar-refractivity contribution in [2.24, 2.45) is 0 Å². The Labute approximate surface area is 75.4 Å². The minimum Gasteiger partial charge on any atom is -0.245 e. The lowest BCUT2D eigenvalue weighted by Crippen LogP contribution is -2.07. The molecule has 0 N–H and O–H groups in total. The van der Waals surface area contributed by atoms with E-state index in [4.69, 9.17) is 11.6 Å². The summed E-state index contributed by atoms with van der Waals surface area (Å²) in [5.41, 5.74) is 0.999. The van der Waals surface area contributed by atoms with E-state index in [1.54, 1.807) is 11.3 Å². The molecular weight excluding hydrogens is 178 g/mol. The Hall–Kier alpha value is -0.0800. The van der Waals surface area contributed by atoms with Crippen molar-refractivity contribution in [1.29, 1.82) is 0 Å². The number of hydrogen-bond acceptors (Lipinski definition) is 2. The Morgan fingerprint density at radius 3 is 2.64 bits per heavy atom. The Bertz CT molecular complexity index is 246. The third kappa shape index (κ3) is 1.30. The molecule has 2 rings (SSSR count). The maximum atomic E-state index is 5.91. The number of thiazole rings is 1. The number of aromatic nitrogens is 1. The largest absolute Gasteiger partial charge is 0.245 e. The van der Waals surface area contributed by atoms with E-state index in [1.807, 2.05) is 6.92 Å². The average Bonchev–Trinajstić information content (AvgIpc) is 2.08. The summed E-state index contributed by atoms with van der Waals surface area (Å²) in [6.07, 6.45) is 3.98. The van der Waals surface area contributed by atoms with E-state index in [9.17, 15) is 0 Å². The van der Waals surface area contributed by atoms with Crippen LogP contribution in [-0.2, 0) is 0 Å². The molecule has 0 radical (unpaired) electrons. The van der Waals surface area contributed by atoms with E-state index >= 15 is 0 Å². The van der Waals surface area contributed by atoms with Crippen LogP contribution in [0.25, 0.3) is 0 Å². The van der Waals surface area contributed by atoms with Crippen LogP contribution in [0.2, 0.25) is 4.34 Å². The van der Waals surface area contributed by atoms with Gasteiger partial charge >= 0.3 is 0 Å². The molecule has 3 heteroatoms. The molecule has 0 aliphatic heterocycles. The van der Waals surface area contributed by atoms with Gasteiger partial charge in [-0.2, -0.15) is 0 Å². The van der Waals surface area contributed by atoms with Crippen molar-refractivity contribution in [3.63, 3.8) is 0 Å². The first-order chi connectivity index (χ1) is 5.27. The van der Waals surface area contributed by atoms with E-state index < -0.39 is 0 Å².